The molecule has 0 aromatic heterocycles. The van der Waals surface area contributed by atoms with Crippen LogP contribution in [0.15, 0.2) is 29.3 Å². The number of alkyl halides is 3. The van der Waals surface area contributed by atoms with Gasteiger partial charge in [0, 0.05) is 26.3 Å². The normalized spacial score (nSPS) is 12.3. The molecule has 23 heavy (non-hydrogen) atoms. The smallest absolute Gasteiger partial charge is 0.382 e. The lowest BCUT2D eigenvalue weighted by Gasteiger charge is -2.12. The Morgan fingerprint density at radius 1 is 1.22 bits per heavy atom. The summed E-state index contributed by atoms with van der Waals surface area (Å²) >= 11 is 0. The molecular formula is C16H24F3N3O. The molecular weight excluding hydrogens is 307 g/mol. The number of hydrogen-bond acceptors (Lipinski definition) is 2. The standard InChI is InChI=1S/C16H24F3N3O/c1-3-20-15(21-9-6-10-23-4-2)22-12-13-7-5-8-14(11-13)16(17,18)19/h5,7-8,11H,3-4,6,9-10,12H2,1-2H3,(H2,20,21,22). The molecule has 1 aromatic carbocycles. The van der Waals surface area contributed by atoms with Crippen molar-refractivity contribution in [3.63, 3.8) is 0 Å². The quantitative estimate of drug-likeness (QED) is 0.437. The molecule has 0 unspecified atom stereocenters. The monoisotopic (exact) mass is 331 g/mol. The van der Waals surface area contributed by atoms with Crippen LogP contribution in [-0.4, -0.2) is 32.3 Å². The minimum atomic E-state index is -4.33. The molecule has 0 amide bonds. The average molecular weight is 331 g/mol. The van der Waals surface area contributed by atoms with Gasteiger partial charge in [-0.05, 0) is 38.0 Å². The first kappa shape index (κ1) is 19.3. The number of halogens is 3. The van der Waals surface area contributed by atoms with Gasteiger partial charge in [-0.25, -0.2) is 4.99 Å². The molecule has 0 heterocycles. The first-order valence-corrected chi connectivity index (χ1v) is 7.73. The third-order valence-corrected chi connectivity index (χ3v) is 2.98. The number of rotatable bonds is 8. The van der Waals surface area contributed by atoms with E-state index in [1.807, 2.05) is 13.8 Å². The Balaban J connectivity index is 2.59. The van der Waals surface area contributed by atoms with Gasteiger partial charge in [0.05, 0.1) is 12.1 Å². The number of aliphatic imine (C=N–C) groups is 1. The summed E-state index contributed by atoms with van der Waals surface area (Å²) in [4.78, 5) is 4.31. The van der Waals surface area contributed by atoms with Crippen molar-refractivity contribution in [2.75, 3.05) is 26.3 Å². The highest BCUT2D eigenvalue weighted by Crippen LogP contribution is 2.29. The van der Waals surface area contributed by atoms with Gasteiger partial charge in [-0.15, -0.1) is 0 Å². The lowest BCUT2D eigenvalue weighted by atomic mass is 10.1. The van der Waals surface area contributed by atoms with Crippen molar-refractivity contribution in [1.82, 2.24) is 10.6 Å². The summed E-state index contributed by atoms with van der Waals surface area (Å²) in [6.45, 7) is 6.77. The van der Waals surface area contributed by atoms with Gasteiger partial charge in [-0.2, -0.15) is 13.2 Å². The van der Waals surface area contributed by atoms with Crippen LogP contribution in [0.1, 0.15) is 31.4 Å². The van der Waals surface area contributed by atoms with E-state index in [1.54, 1.807) is 6.07 Å². The molecule has 0 aliphatic heterocycles. The van der Waals surface area contributed by atoms with Crippen molar-refractivity contribution < 1.29 is 17.9 Å². The molecule has 0 spiro atoms. The highest BCUT2D eigenvalue weighted by molar-refractivity contribution is 5.79. The number of ether oxygens (including phenoxy) is 1. The third kappa shape index (κ3) is 7.88. The van der Waals surface area contributed by atoms with Crippen LogP contribution in [-0.2, 0) is 17.5 Å². The summed E-state index contributed by atoms with van der Waals surface area (Å²) in [5.74, 6) is 0.585. The fourth-order valence-electron chi connectivity index (χ4n) is 1.88. The Labute approximate surface area is 135 Å². The summed E-state index contributed by atoms with van der Waals surface area (Å²) in [5.41, 5.74) is -0.133. The first-order chi connectivity index (χ1) is 11.0. The summed E-state index contributed by atoms with van der Waals surface area (Å²) < 4.78 is 43.3. The van der Waals surface area contributed by atoms with Crippen LogP contribution in [0.4, 0.5) is 13.2 Å². The Bertz CT molecular complexity index is 490. The highest BCUT2D eigenvalue weighted by atomic mass is 19.4. The molecule has 0 radical (unpaired) electrons. The molecule has 0 fully saturated rings. The van der Waals surface area contributed by atoms with Crippen molar-refractivity contribution in [2.24, 2.45) is 4.99 Å². The van der Waals surface area contributed by atoms with E-state index in [2.05, 4.69) is 15.6 Å². The number of guanidine groups is 1. The van der Waals surface area contributed by atoms with E-state index < -0.39 is 11.7 Å². The molecule has 0 saturated carbocycles. The number of nitrogens with zero attached hydrogens (tertiary/aromatic N) is 1. The van der Waals surface area contributed by atoms with Crippen molar-refractivity contribution >= 4 is 5.96 Å². The van der Waals surface area contributed by atoms with Gasteiger partial charge in [0.25, 0.3) is 0 Å². The number of benzene rings is 1. The van der Waals surface area contributed by atoms with E-state index in [1.165, 1.54) is 6.07 Å². The van der Waals surface area contributed by atoms with Gasteiger partial charge >= 0.3 is 6.18 Å². The number of hydrogen-bond donors (Lipinski definition) is 2. The van der Waals surface area contributed by atoms with Crippen LogP contribution < -0.4 is 10.6 Å². The van der Waals surface area contributed by atoms with Gasteiger partial charge < -0.3 is 15.4 Å². The zero-order chi connectivity index (χ0) is 17.1. The lowest BCUT2D eigenvalue weighted by molar-refractivity contribution is -0.137. The summed E-state index contributed by atoms with van der Waals surface area (Å²) in [5, 5.41) is 6.20. The van der Waals surface area contributed by atoms with E-state index >= 15 is 0 Å². The van der Waals surface area contributed by atoms with Crippen molar-refractivity contribution in [3.05, 3.63) is 35.4 Å². The van der Waals surface area contributed by atoms with Crippen molar-refractivity contribution in [2.45, 2.75) is 33.0 Å². The van der Waals surface area contributed by atoms with Crippen LogP contribution in [0, 0.1) is 0 Å². The SMILES string of the molecule is CCNC(=NCc1cccc(C(F)(F)F)c1)NCCCOCC. The Morgan fingerprint density at radius 2 is 2.00 bits per heavy atom. The molecule has 0 aliphatic carbocycles. The highest BCUT2D eigenvalue weighted by Gasteiger charge is 2.30. The van der Waals surface area contributed by atoms with Gasteiger partial charge in [-0.3, -0.25) is 0 Å². The van der Waals surface area contributed by atoms with Crippen LogP contribution in [0.3, 0.4) is 0 Å². The van der Waals surface area contributed by atoms with E-state index in [0.29, 0.717) is 37.8 Å². The van der Waals surface area contributed by atoms with E-state index in [-0.39, 0.29) is 6.54 Å². The largest absolute Gasteiger partial charge is 0.416 e. The predicted octanol–water partition coefficient (Wildman–Crippen LogP) is 3.19. The molecule has 0 aliphatic rings. The average Bonchev–Trinajstić information content (AvgIpc) is 2.52. The van der Waals surface area contributed by atoms with Gasteiger partial charge in [-0.1, -0.05) is 12.1 Å². The molecule has 0 saturated heterocycles. The fraction of sp³-hybridized carbons (Fsp3) is 0.562. The first-order valence-electron chi connectivity index (χ1n) is 7.73. The maximum Gasteiger partial charge on any atom is 0.416 e. The predicted molar refractivity (Wildman–Crippen MR) is 85.4 cm³/mol. The van der Waals surface area contributed by atoms with Crippen LogP contribution in [0.25, 0.3) is 0 Å². The summed E-state index contributed by atoms with van der Waals surface area (Å²) in [7, 11) is 0. The minimum Gasteiger partial charge on any atom is -0.382 e. The molecule has 130 valence electrons. The van der Waals surface area contributed by atoms with Crippen LogP contribution in [0.2, 0.25) is 0 Å². The third-order valence-electron chi connectivity index (χ3n) is 2.98. The Hall–Kier alpha value is -1.76. The van der Waals surface area contributed by atoms with Crippen LogP contribution >= 0.6 is 0 Å². The minimum absolute atomic E-state index is 0.185. The van der Waals surface area contributed by atoms with E-state index in [0.717, 1.165) is 18.6 Å². The second-order valence-electron chi connectivity index (χ2n) is 4.87. The molecule has 4 nitrogen and oxygen atoms in total. The zero-order valence-electron chi connectivity index (χ0n) is 13.5. The van der Waals surface area contributed by atoms with E-state index in [4.69, 9.17) is 4.74 Å². The maximum absolute atomic E-state index is 12.7. The number of nitrogens with one attached hydrogen (secondary N) is 2. The lowest BCUT2D eigenvalue weighted by Crippen LogP contribution is -2.38. The topological polar surface area (TPSA) is 45.7 Å². The second-order valence-corrected chi connectivity index (χ2v) is 4.87. The molecule has 0 bridgehead atoms. The van der Waals surface area contributed by atoms with Crippen LogP contribution in [0.5, 0.6) is 0 Å². The molecule has 2 N–H and O–H groups in total. The van der Waals surface area contributed by atoms with Gasteiger partial charge in [0.15, 0.2) is 5.96 Å². The van der Waals surface area contributed by atoms with Crippen molar-refractivity contribution in [3.8, 4) is 0 Å². The summed E-state index contributed by atoms with van der Waals surface area (Å²) in [6.07, 6.45) is -3.50. The molecule has 1 rings (SSSR count). The zero-order valence-corrected chi connectivity index (χ0v) is 13.5. The fourth-order valence-corrected chi connectivity index (χ4v) is 1.88. The second kappa shape index (κ2) is 10.1. The van der Waals surface area contributed by atoms with E-state index in [9.17, 15) is 13.2 Å². The Kier molecular flexibility index (Phi) is 8.47. The molecule has 0 atom stereocenters. The maximum atomic E-state index is 12.7. The summed E-state index contributed by atoms with van der Waals surface area (Å²) in [6, 6.07) is 5.22. The Morgan fingerprint density at radius 3 is 2.65 bits per heavy atom. The molecule has 7 heteroatoms. The van der Waals surface area contributed by atoms with Gasteiger partial charge in [0.2, 0.25) is 0 Å². The van der Waals surface area contributed by atoms with Gasteiger partial charge in [0.1, 0.15) is 0 Å². The van der Waals surface area contributed by atoms with Crippen molar-refractivity contribution in [1.29, 1.82) is 0 Å². The molecule has 1 aromatic rings.